The van der Waals surface area contributed by atoms with Crippen molar-refractivity contribution < 1.29 is 23.9 Å². The summed E-state index contributed by atoms with van der Waals surface area (Å²) in [6.45, 7) is 0.340. The number of hydrogen-bond acceptors (Lipinski definition) is 5. The van der Waals surface area contributed by atoms with Gasteiger partial charge >= 0.3 is 0 Å². The molecule has 2 aliphatic heterocycles. The molecule has 1 saturated carbocycles. The van der Waals surface area contributed by atoms with Crippen molar-refractivity contribution in [1.82, 2.24) is 10.2 Å². The van der Waals surface area contributed by atoms with Crippen LogP contribution in [0.3, 0.4) is 0 Å². The van der Waals surface area contributed by atoms with E-state index in [-0.39, 0.29) is 30.4 Å². The Labute approximate surface area is 186 Å². The molecular weight excluding hydrogens is 408 g/mol. The first-order valence-corrected chi connectivity index (χ1v) is 11.2. The predicted molar refractivity (Wildman–Crippen MR) is 116 cm³/mol. The predicted octanol–water partition coefficient (Wildman–Crippen LogP) is 3.22. The van der Waals surface area contributed by atoms with E-state index >= 15 is 0 Å². The minimum absolute atomic E-state index is 0.0268. The summed E-state index contributed by atoms with van der Waals surface area (Å²) in [6, 6.07) is 14.7. The summed E-state index contributed by atoms with van der Waals surface area (Å²) in [7, 11) is 0. The quantitative estimate of drug-likeness (QED) is 0.731. The van der Waals surface area contributed by atoms with Gasteiger partial charge < -0.3 is 14.4 Å². The largest absolute Gasteiger partial charge is 0.487 e. The molecular formula is C25H26N2O5. The SMILES string of the molecule is O=C1CCC(N2Cc3cc(O[C@H]4CCCC[C@@H]4Oc4ccccc4)ccc3C2=O)C(=O)N1. The van der Waals surface area contributed by atoms with E-state index in [1.54, 1.807) is 11.0 Å². The van der Waals surface area contributed by atoms with Gasteiger partial charge in [-0.3, -0.25) is 19.7 Å². The van der Waals surface area contributed by atoms with Crippen molar-refractivity contribution in [2.24, 2.45) is 0 Å². The summed E-state index contributed by atoms with van der Waals surface area (Å²) in [5.41, 5.74) is 1.43. The lowest BCUT2D eigenvalue weighted by atomic mass is 9.94. The molecule has 0 bridgehead atoms. The topological polar surface area (TPSA) is 84.9 Å². The van der Waals surface area contributed by atoms with Crippen LogP contribution in [0, 0.1) is 0 Å². The zero-order chi connectivity index (χ0) is 22.1. The Morgan fingerprint density at radius 1 is 0.844 bits per heavy atom. The number of amides is 3. The summed E-state index contributed by atoms with van der Waals surface area (Å²) in [6.07, 6.45) is 4.56. The zero-order valence-electron chi connectivity index (χ0n) is 17.8. The number of nitrogens with zero attached hydrogens (tertiary/aromatic N) is 1. The number of para-hydroxylation sites is 1. The van der Waals surface area contributed by atoms with E-state index in [1.165, 1.54) is 0 Å². The molecule has 1 saturated heterocycles. The van der Waals surface area contributed by atoms with Crippen LogP contribution < -0.4 is 14.8 Å². The van der Waals surface area contributed by atoms with Gasteiger partial charge in [-0.15, -0.1) is 0 Å². The van der Waals surface area contributed by atoms with Crippen LogP contribution in [0.25, 0.3) is 0 Å². The van der Waals surface area contributed by atoms with Crippen molar-refractivity contribution >= 4 is 17.7 Å². The Bertz CT molecular complexity index is 1040. The maximum absolute atomic E-state index is 12.9. The number of carbonyl (C=O) groups is 3. The number of ether oxygens (including phenoxy) is 2. The van der Waals surface area contributed by atoms with Crippen molar-refractivity contribution in [3.63, 3.8) is 0 Å². The van der Waals surface area contributed by atoms with Crippen LogP contribution in [-0.4, -0.2) is 40.9 Å². The van der Waals surface area contributed by atoms with Gasteiger partial charge in [0.05, 0.1) is 0 Å². The molecule has 1 unspecified atom stereocenters. The molecule has 1 N–H and O–H groups in total. The maximum Gasteiger partial charge on any atom is 0.255 e. The minimum Gasteiger partial charge on any atom is -0.487 e. The number of hydrogen-bond donors (Lipinski definition) is 1. The fraction of sp³-hybridized carbons (Fsp3) is 0.400. The van der Waals surface area contributed by atoms with Crippen LogP contribution in [0.2, 0.25) is 0 Å². The van der Waals surface area contributed by atoms with Gasteiger partial charge in [0.25, 0.3) is 5.91 Å². The van der Waals surface area contributed by atoms with Crippen LogP contribution in [-0.2, 0) is 16.1 Å². The normalized spacial score (nSPS) is 25.3. The average molecular weight is 434 g/mol. The zero-order valence-corrected chi connectivity index (χ0v) is 17.8. The second kappa shape index (κ2) is 8.65. The number of piperidine rings is 1. The lowest BCUT2D eigenvalue weighted by Crippen LogP contribution is -2.52. The fourth-order valence-corrected chi connectivity index (χ4v) is 4.81. The van der Waals surface area contributed by atoms with Gasteiger partial charge in [-0.25, -0.2) is 0 Å². The lowest BCUT2D eigenvalue weighted by molar-refractivity contribution is -0.136. The first-order valence-electron chi connectivity index (χ1n) is 11.2. The molecule has 3 aliphatic rings. The highest BCUT2D eigenvalue weighted by atomic mass is 16.5. The number of nitrogens with one attached hydrogen (secondary N) is 1. The molecule has 2 heterocycles. The number of imide groups is 1. The van der Waals surface area contributed by atoms with E-state index in [2.05, 4.69) is 5.32 Å². The van der Waals surface area contributed by atoms with Crippen molar-refractivity contribution in [1.29, 1.82) is 0 Å². The van der Waals surface area contributed by atoms with Gasteiger partial charge in [-0.2, -0.15) is 0 Å². The molecule has 0 aromatic heterocycles. The van der Waals surface area contributed by atoms with Crippen LogP contribution in [0.15, 0.2) is 48.5 Å². The van der Waals surface area contributed by atoms with E-state index in [0.29, 0.717) is 24.3 Å². The first-order chi connectivity index (χ1) is 15.6. The van der Waals surface area contributed by atoms with Gasteiger partial charge in [-0.05, 0) is 68.0 Å². The van der Waals surface area contributed by atoms with Crippen LogP contribution in [0.4, 0.5) is 0 Å². The number of carbonyl (C=O) groups excluding carboxylic acids is 3. The maximum atomic E-state index is 12.9. The lowest BCUT2D eigenvalue weighted by Gasteiger charge is -2.32. The number of rotatable bonds is 5. The molecule has 3 amide bonds. The minimum atomic E-state index is -0.612. The standard InChI is InChI=1S/C25H26N2O5/c28-23-13-12-20(24(29)26-23)27-15-16-14-18(10-11-19(16)25(27)30)32-22-9-5-4-8-21(22)31-17-6-2-1-3-7-17/h1-3,6-7,10-11,14,20-22H,4-5,8-9,12-13,15H2,(H,26,28,29)/t20?,21-,22-/m0/s1. The van der Waals surface area contributed by atoms with Crippen molar-refractivity contribution in [2.75, 3.05) is 0 Å². The second-order valence-electron chi connectivity index (χ2n) is 8.63. The summed E-state index contributed by atoms with van der Waals surface area (Å²) >= 11 is 0. The van der Waals surface area contributed by atoms with E-state index in [1.807, 2.05) is 42.5 Å². The van der Waals surface area contributed by atoms with Gasteiger partial charge in [0.2, 0.25) is 11.8 Å². The number of fused-ring (bicyclic) bond motifs is 1. The third-order valence-corrected chi connectivity index (χ3v) is 6.46. The summed E-state index contributed by atoms with van der Waals surface area (Å²) in [5, 5.41) is 2.33. The molecule has 2 fully saturated rings. The summed E-state index contributed by atoms with van der Waals surface area (Å²) in [5.74, 6) is 0.680. The smallest absolute Gasteiger partial charge is 0.255 e. The molecule has 32 heavy (non-hydrogen) atoms. The number of benzene rings is 2. The van der Waals surface area contributed by atoms with Crippen LogP contribution in [0.5, 0.6) is 11.5 Å². The summed E-state index contributed by atoms with van der Waals surface area (Å²) in [4.78, 5) is 38.1. The van der Waals surface area contributed by atoms with E-state index < -0.39 is 11.9 Å². The van der Waals surface area contributed by atoms with Crippen LogP contribution >= 0.6 is 0 Å². The Kier molecular flexibility index (Phi) is 5.55. The van der Waals surface area contributed by atoms with Crippen molar-refractivity contribution in [2.45, 2.75) is 63.3 Å². The Balaban J connectivity index is 1.29. The highest BCUT2D eigenvalue weighted by molar-refractivity contribution is 6.05. The molecule has 5 rings (SSSR count). The molecule has 7 heteroatoms. The van der Waals surface area contributed by atoms with E-state index in [0.717, 1.165) is 37.0 Å². The molecule has 0 radical (unpaired) electrons. The molecule has 166 valence electrons. The fourth-order valence-electron chi connectivity index (χ4n) is 4.81. The van der Waals surface area contributed by atoms with Gasteiger partial charge in [0.15, 0.2) is 0 Å². The van der Waals surface area contributed by atoms with Gasteiger partial charge in [0, 0.05) is 18.5 Å². The highest BCUT2D eigenvalue weighted by Gasteiger charge is 2.39. The molecule has 0 spiro atoms. The second-order valence-corrected chi connectivity index (χ2v) is 8.63. The first kappa shape index (κ1) is 20.5. The van der Waals surface area contributed by atoms with Gasteiger partial charge in [-0.1, -0.05) is 18.2 Å². The Morgan fingerprint density at radius 3 is 2.28 bits per heavy atom. The third-order valence-electron chi connectivity index (χ3n) is 6.46. The monoisotopic (exact) mass is 434 g/mol. The molecule has 1 aliphatic carbocycles. The summed E-state index contributed by atoms with van der Waals surface area (Å²) < 4.78 is 12.5. The highest BCUT2D eigenvalue weighted by Crippen LogP contribution is 2.32. The average Bonchev–Trinajstić information content (AvgIpc) is 3.11. The van der Waals surface area contributed by atoms with Crippen molar-refractivity contribution in [3.05, 3.63) is 59.7 Å². The van der Waals surface area contributed by atoms with E-state index in [9.17, 15) is 14.4 Å². The molecule has 7 nitrogen and oxygen atoms in total. The Morgan fingerprint density at radius 2 is 1.56 bits per heavy atom. The molecule has 2 aromatic carbocycles. The molecule has 2 aromatic rings. The van der Waals surface area contributed by atoms with Crippen LogP contribution in [0.1, 0.15) is 54.4 Å². The molecule has 3 atom stereocenters. The van der Waals surface area contributed by atoms with Crippen molar-refractivity contribution in [3.8, 4) is 11.5 Å². The van der Waals surface area contributed by atoms with Gasteiger partial charge in [0.1, 0.15) is 29.7 Å². The Hall–Kier alpha value is -3.35. The van der Waals surface area contributed by atoms with E-state index in [4.69, 9.17) is 9.47 Å². The third kappa shape index (κ3) is 4.07.